The predicted molar refractivity (Wildman–Crippen MR) is 106 cm³/mol. The molecule has 6 heteroatoms. The van der Waals surface area contributed by atoms with Gasteiger partial charge in [0.1, 0.15) is 11.9 Å². The average Bonchev–Trinajstić information content (AvgIpc) is 2.74. The van der Waals surface area contributed by atoms with E-state index in [-0.39, 0.29) is 6.10 Å². The predicted octanol–water partition coefficient (Wildman–Crippen LogP) is 3.82. The van der Waals surface area contributed by atoms with Gasteiger partial charge in [-0.15, -0.1) is 0 Å². The second-order valence-electron chi connectivity index (χ2n) is 6.58. The number of pyridine rings is 1. The first-order valence-electron chi connectivity index (χ1n) is 8.93. The van der Waals surface area contributed by atoms with Crippen LogP contribution in [0.2, 0.25) is 0 Å². The summed E-state index contributed by atoms with van der Waals surface area (Å²) >= 11 is 0. The van der Waals surface area contributed by atoms with E-state index >= 15 is 0 Å². The van der Waals surface area contributed by atoms with Crippen LogP contribution in [0, 0.1) is 11.3 Å². The number of benzene rings is 2. The molecule has 0 aliphatic carbocycles. The van der Waals surface area contributed by atoms with Crippen LogP contribution in [0.5, 0.6) is 5.75 Å². The maximum absolute atomic E-state index is 11.3. The number of carbonyl (C=O) groups is 1. The molecule has 28 heavy (non-hydrogen) atoms. The standard InChI is InChI=1S/C22H18N4O2/c23-13-15-2-1-3-16(10-15)18-11-17-4-7-25-14-20(17)21(12-18)28-19-5-8-26(9-6-19)22(24)27/h1-5,7-8,10-12,14,19H,6,9H2,(H2,24,27). The van der Waals surface area contributed by atoms with Gasteiger partial charge in [0.05, 0.1) is 11.6 Å². The molecule has 6 nitrogen and oxygen atoms in total. The summed E-state index contributed by atoms with van der Waals surface area (Å²) in [7, 11) is 0. The molecule has 1 unspecified atom stereocenters. The van der Waals surface area contributed by atoms with Crippen LogP contribution in [0.1, 0.15) is 12.0 Å². The SMILES string of the molecule is N#Cc1cccc(-c2cc(OC3C=CN(C(N)=O)CC3)c3cnccc3c2)c1. The summed E-state index contributed by atoms with van der Waals surface area (Å²) < 4.78 is 6.24. The Balaban J connectivity index is 1.72. The van der Waals surface area contributed by atoms with Gasteiger partial charge in [-0.05, 0) is 52.9 Å². The molecule has 3 aromatic rings. The quantitative estimate of drug-likeness (QED) is 0.758. The molecule has 2 N–H and O–H groups in total. The first-order chi connectivity index (χ1) is 13.6. The van der Waals surface area contributed by atoms with E-state index in [1.54, 1.807) is 24.7 Å². The fourth-order valence-electron chi connectivity index (χ4n) is 3.28. The van der Waals surface area contributed by atoms with Crippen LogP contribution in [0.3, 0.4) is 0 Å². The van der Waals surface area contributed by atoms with Crippen LogP contribution >= 0.6 is 0 Å². The van der Waals surface area contributed by atoms with Gasteiger partial charge in [-0.2, -0.15) is 5.26 Å². The number of urea groups is 1. The number of ether oxygens (including phenoxy) is 1. The molecule has 0 bridgehead atoms. The lowest BCUT2D eigenvalue weighted by Gasteiger charge is -2.26. The van der Waals surface area contributed by atoms with Crippen LogP contribution in [0.15, 0.2) is 67.1 Å². The van der Waals surface area contributed by atoms with E-state index in [9.17, 15) is 10.1 Å². The maximum Gasteiger partial charge on any atom is 0.318 e. The van der Waals surface area contributed by atoms with Crippen molar-refractivity contribution in [3.8, 4) is 22.9 Å². The van der Waals surface area contributed by atoms with Gasteiger partial charge in [-0.25, -0.2) is 4.79 Å². The van der Waals surface area contributed by atoms with Gasteiger partial charge < -0.3 is 15.4 Å². The van der Waals surface area contributed by atoms with Crippen molar-refractivity contribution in [3.63, 3.8) is 0 Å². The number of carbonyl (C=O) groups excluding carboxylic acids is 1. The minimum Gasteiger partial charge on any atom is -0.486 e. The molecule has 2 amide bonds. The minimum atomic E-state index is -0.469. The largest absolute Gasteiger partial charge is 0.486 e. The monoisotopic (exact) mass is 370 g/mol. The van der Waals surface area contributed by atoms with Crippen molar-refractivity contribution < 1.29 is 9.53 Å². The molecule has 1 aliphatic rings. The Morgan fingerprint density at radius 1 is 1.25 bits per heavy atom. The van der Waals surface area contributed by atoms with Crippen molar-refractivity contribution in [3.05, 3.63) is 72.7 Å². The number of nitrogens with two attached hydrogens (primary N) is 1. The third-order valence-corrected chi connectivity index (χ3v) is 4.74. The van der Waals surface area contributed by atoms with Gasteiger partial charge in [0.25, 0.3) is 0 Å². The number of fused-ring (bicyclic) bond motifs is 1. The third kappa shape index (κ3) is 3.51. The second kappa shape index (κ2) is 7.41. The third-order valence-electron chi connectivity index (χ3n) is 4.74. The molecule has 0 saturated heterocycles. The number of aromatic nitrogens is 1. The van der Waals surface area contributed by atoms with E-state index in [2.05, 4.69) is 17.1 Å². The summed E-state index contributed by atoms with van der Waals surface area (Å²) in [5.74, 6) is 0.713. The molecule has 1 aliphatic heterocycles. The van der Waals surface area contributed by atoms with Crippen LogP contribution < -0.4 is 10.5 Å². The number of primary amides is 1. The second-order valence-corrected chi connectivity index (χ2v) is 6.58. The number of nitriles is 1. The highest BCUT2D eigenvalue weighted by Gasteiger charge is 2.18. The lowest BCUT2D eigenvalue weighted by Crippen LogP contribution is -2.37. The summed E-state index contributed by atoms with van der Waals surface area (Å²) in [6.07, 6.45) is 7.50. The first kappa shape index (κ1) is 17.6. The molecule has 1 aromatic heterocycles. The molecule has 0 saturated carbocycles. The zero-order chi connectivity index (χ0) is 19.5. The number of hydrogen-bond acceptors (Lipinski definition) is 4. The number of hydrogen-bond donors (Lipinski definition) is 1. The summed E-state index contributed by atoms with van der Waals surface area (Å²) in [6, 6.07) is 15.1. The molecule has 0 spiro atoms. The van der Waals surface area contributed by atoms with E-state index in [1.165, 1.54) is 4.90 Å². The molecule has 0 radical (unpaired) electrons. The van der Waals surface area contributed by atoms with E-state index in [0.717, 1.165) is 21.9 Å². The Morgan fingerprint density at radius 2 is 2.14 bits per heavy atom. The molecule has 1 atom stereocenters. The minimum absolute atomic E-state index is 0.167. The molecular weight excluding hydrogens is 352 g/mol. The fourth-order valence-corrected chi connectivity index (χ4v) is 3.28. The van der Waals surface area contributed by atoms with E-state index < -0.39 is 6.03 Å². The Bertz CT molecular complexity index is 1120. The normalized spacial score (nSPS) is 16.0. The van der Waals surface area contributed by atoms with Crippen LogP contribution in [0.25, 0.3) is 21.9 Å². The highest BCUT2D eigenvalue weighted by molar-refractivity contribution is 5.92. The lowest BCUT2D eigenvalue weighted by atomic mass is 10.00. The van der Waals surface area contributed by atoms with Crippen molar-refractivity contribution in [1.82, 2.24) is 9.88 Å². The highest BCUT2D eigenvalue weighted by Crippen LogP contribution is 2.33. The zero-order valence-corrected chi connectivity index (χ0v) is 15.1. The van der Waals surface area contributed by atoms with Gasteiger partial charge in [-0.1, -0.05) is 12.1 Å². The first-order valence-corrected chi connectivity index (χ1v) is 8.93. The smallest absolute Gasteiger partial charge is 0.318 e. The molecule has 2 heterocycles. The van der Waals surface area contributed by atoms with Crippen LogP contribution in [-0.4, -0.2) is 28.6 Å². The Labute approximate surface area is 162 Å². The van der Waals surface area contributed by atoms with Crippen LogP contribution in [0.4, 0.5) is 4.79 Å². The van der Waals surface area contributed by atoms with E-state index in [4.69, 9.17) is 10.5 Å². The number of amides is 2. The van der Waals surface area contributed by atoms with E-state index in [1.807, 2.05) is 36.4 Å². The van der Waals surface area contributed by atoms with Crippen molar-refractivity contribution in [1.29, 1.82) is 5.26 Å². The summed E-state index contributed by atoms with van der Waals surface area (Å²) in [4.78, 5) is 17.0. The number of rotatable bonds is 3. The Morgan fingerprint density at radius 3 is 2.89 bits per heavy atom. The van der Waals surface area contributed by atoms with E-state index in [0.29, 0.717) is 24.3 Å². The summed E-state index contributed by atoms with van der Waals surface area (Å²) in [6.45, 7) is 0.511. The molecule has 2 aromatic carbocycles. The Kier molecular flexibility index (Phi) is 4.65. The molecule has 138 valence electrons. The topological polar surface area (TPSA) is 92.2 Å². The van der Waals surface area contributed by atoms with Crippen LogP contribution in [-0.2, 0) is 0 Å². The molecule has 0 fully saturated rings. The van der Waals surface area contributed by atoms with Gasteiger partial charge in [0.15, 0.2) is 0 Å². The fraction of sp³-hybridized carbons (Fsp3) is 0.136. The molecular formula is C22H18N4O2. The van der Waals surface area contributed by atoms with Gasteiger partial charge in [-0.3, -0.25) is 4.98 Å². The van der Waals surface area contributed by atoms with Crippen molar-refractivity contribution in [2.24, 2.45) is 5.73 Å². The molecule has 4 rings (SSSR count). The summed E-state index contributed by atoms with van der Waals surface area (Å²) in [5.41, 5.74) is 7.83. The number of nitrogens with zero attached hydrogens (tertiary/aromatic N) is 3. The average molecular weight is 370 g/mol. The maximum atomic E-state index is 11.3. The van der Waals surface area contributed by atoms with Gasteiger partial charge >= 0.3 is 6.03 Å². The van der Waals surface area contributed by atoms with Gasteiger partial charge in [0.2, 0.25) is 0 Å². The Hall–Kier alpha value is -3.85. The summed E-state index contributed by atoms with van der Waals surface area (Å²) in [5, 5.41) is 11.1. The lowest BCUT2D eigenvalue weighted by molar-refractivity contribution is 0.193. The zero-order valence-electron chi connectivity index (χ0n) is 15.1. The van der Waals surface area contributed by atoms with Crippen molar-refractivity contribution in [2.75, 3.05) is 6.54 Å². The van der Waals surface area contributed by atoms with Gasteiger partial charge in [0, 0.05) is 36.9 Å². The highest BCUT2D eigenvalue weighted by atomic mass is 16.5. The van der Waals surface area contributed by atoms with Crippen molar-refractivity contribution >= 4 is 16.8 Å². The van der Waals surface area contributed by atoms with Crippen molar-refractivity contribution in [2.45, 2.75) is 12.5 Å².